The fourth-order valence-electron chi connectivity index (χ4n) is 3.44. The number of carbonyl (C=O) groups excluding carboxylic acids is 2. The molecule has 0 spiro atoms. The van der Waals surface area contributed by atoms with Crippen LogP contribution < -0.4 is 5.32 Å². The summed E-state index contributed by atoms with van der Waals surface area (Å²) in [5, 5.41) is 3.78. The van der Waals surface area contributed by atoms with E-state index in [1.54, 1.807) is 0 Å². The van der Waals surface area contributed by atoms with Gasteiger partial charge in [-0.1, -0.05) is 32.0 Å². The van der Waals surface area contributed by atoms with Gasteiger partial charge in [-0.15, -0.1) is 0 Å². The minimum Gasteiger partial charge on any atom is -0.337 e. The zero-order chi connectivity index (χ0) is 19.9. The highest BCUT2D eigenvalue weighted by atomic mass is 32.2. The molecular weight excluding hydrogens is 372 g/mol. The van der Waals surface area contributed by atoms with Crippen LogP contribution in [0.2, 0.25) is 0 Å². The van der Waals surface area contributed by atoms with Crippen molar-refractivity contribution in [1.82, 2.24) is 15.2 Å². The largest absolute Gasteiger partial charge is 0.337 e. The number of carbonyl (C=O) groups is 2. The van der Waals surface area contributed by atoms with Crippen molar-refractivity contribution in [2.75, 3.05) is 24.6 Å². The first-order valence-electron chi connectivity index (χ1n) is 9.58. The number of thioether (sulfide) groups is 1. The topological polar surface area (TPSA) is 74.7 Å². The monoisotopic (exact) mass is 396 g/mol. The molecule has 3 heterocycles. The van der Waals surface area contributed by atoms with Crippen molar-refractivity contribution in [2.45, 2.75) is 26.3 Å². The Balaban J connectivity index is 1.85. The Morgan fingerprint density at radius 2 is 1.96 bits per heavy atom. The van der Waals surface area contributed by atoms with Crippen LogP contribution in [0, 0.1) is 5.92 Å². The third kappa shape index (κ3) is 3.17. The van der Waals surface area contributed by atoms with Crippen LogP contribution in [0.5, 0.6) is 0 Å². The standard InChI is InChI=1S/C21H24N4O2S/c1-13(2)21(3)20(27)23-18(24-21)17-15(19(26)25-8-10-28-11-9-25)12-14-6-4-5-7-16(14)22-17/h4-7,12-13H,8-11H2,1-3H3,(H,23,24,27)/t21-/m1/s1. The van der Waals surface area contributed by atoms with Gasteiger partial charge in [0.15, 0.2) is 5.84 Å². The lowest BCUT2D eigenvalue weighted by Gasteiger charge is -2.27. The van der Waals surface area contributed by atoms with Crippen molar-refractivity contribution < 1.29 is 9.59 Å². The molecule has 1 aromatic carbocycles. The van der Waals surface area contributed by atoms with Crippen molar-refractivity contribution in [1.29, 1.82) is 0 Å². The molecule has 7 heteroatoms. The van der Waals surface area contributed by atoms with Gasteiger partial charge >= 0.3 is 0 Å². The number of nitrogens with zero attached hydrogens (tertiary/aromatic N) is 3. The zero-order valence-electron chi connectivity index (χ0n) is 16.4. The molecule has 1 saturated heterocycles. The van der Waals surface area contributed by atoms with Gasteiger partial charge in [-0.05, 0) is 25.0 Å². The van der Waals surface area contributed by atoms with Crippen molar-refractivity contribution in [2.24, 2.45) is 10.9 Å². The van der Waals surface area contributed by atoms with E-state index in [2.05, 4.69) is 10.3 Å². The quantitative estimate of drug-likeness (QED) is 0.866. The SMILES string of the molecule is CC(C)[C@@]1(C)N=C(c2nc3ccccc3cc2C(=O)N2CCSCC2)NC1=O. The average molecular weight is 397 g/mol. The first kappa shape index (κ1) is 18.9. The number of benzene rings is 1. The molecule has 28 heavy (non-hydrogen) atoms. The Hall–Kier alpha value is -2.41. The number of amides is 2. The first-order valence-corrected chi connectivity index (χ1v) is 10.7. The number of rotatable bonds is 3. The lowest BCUT2D eigenvalue weighted by molar-refractivity contribution is -0.124. The second-order valence-electron chi connectivity index (χ2n) is 7.70. The molecule has 0 radical (unpaired) electrons. The minimum absolute atomic E-state index is 0.0312. The van der Waals surface area contributed by atoms with Crippen LogP contribution >= 0.6 is 11.8 Å². The molecule has 2 aromatic rings. The molecule has 2 aliphatic heterocycles. The first-order chi connectivity index (χ1) is 13.4. The van der Waals surface area contributed by atoms with Gasteiger partial charge in [-0.2, -0.15) is 11.8 Å². The summed E-state index contributed by atoms with van der Waals surface area (Å²) in [4.78, 5) is 37.2. The van der Waals surface area contributed by atoms with Gasteiger partial charge in [0.25, 0.3) is 11.8 Å². The van der Waals surface area contributed by atoms with Gasteiger partial charge in [0, 0.05) is 30.0 Å². The third-order valence-corrected chi connectivity index (χ3v) is 6.58. The lowest BCUT2D eigenvalue weighted by atomic mass is 9.89. The molecule has 0 aliphatic carbocycles. The van der Waals surface area contributed by atoms with E-state index < -0.39 is 5.54 Å². The van der Waals surface area contributed by atoms with E-state index in [-0.39, 0.29) is 17.7 Å². The van der Waals surface area contributed by atoms with E-state index in [9.17, 15) is 9.59 Å². The van der Waals surface area contributed by atoms with E-state index in [1.807, 2.05) is 67.8 Å². The molecule has 146 valence electrons. The molecular formula is C21H24N4O2S. The smallest absolute Gasteiger partial charge is 0.256 e. The number of aromatic nitrogens is 1. The summed E-state index contributed by atoms with van der Waals surface area (Å²) in [5.41, 5.74) is 0.876. The molecule has 1 N–H and O–H groups in total. The summed E-state index contributed by atoms with van der Waals surface area (Å²) >= 11 is 1.86. The van der Waals surface area contributed by atoms with E-state index in [0.29, 0.717) is 17.1 Å². The maximum Gasteiger partial charge on any atom is 0.256 e. The number of fused-ring (bicyclic) bond motifs is 1. The summed E-state index contributed by atoms with van der Waals surface area (Å²) in [7, 11) is 0. The van der Waals surface area contributed by atoms with Crippen molar-refractivity contribution in [3.05, 3.63) is 41.6 Å². The summed E-state index contributed by atoms with van der Waals surface area (Å²) < 4.78 is 0. The highest BCUT2D eigenvalue weighted by Gasteiger charge is 2.43. The minimum atomic E-state index is -0.856. The summed E-state index contributed by atoms with van der Waals surface area (Å²) in [6, 6.07) is 9.57. The molecule has 1 aromatic heterocycles. The fraction of sp³-hybridized carbons (Fsp3) is 0.429. The molecule has 2 aliphatic rings. The molecule has 0 bridgehead atoms. The van der Waals surface area contributed by atoms with Crippen LogP contribution in [-0.2, 0) is 4.79 Å². The maximum atomic E-state index is 13.3. The van der Waals surface area contributed by atoms with E-state index in [4.69, 9.17) is 4.98 Å². The van der Waals surface area contributed by atoms with Gasteiger partial charge in [-0.25, -0.2) is 9.98 Å². The number of pyridine rings is 1. The van der Waals surface area contributed by atoms with Crippen LogP contribution in [0.1, 0.15) is 36.8 Å². The van der Waals surface area contributed by atoms with Crippen LogP contribution in [0.25, 0.3) is 10.9 Å². The van der Waals surface area contributed by atoms with E-state index >= 15 is 0 Å². The van der Waals surface area contributed by atoms with Crippen molar-refractivity contribution >= 4 is 40.3 Å². The van der Waals surface area contributed by atoms with Gasteiger partial charge < -0.3 is 10.2 Å². The number of amidine groups is 1. The fourth-order valence-corrected chi connectivity index (χ4v) is 4.35. The number of hydrogen-bond donors (Lipinski definition) is 1. The van der Waals surface area contributed by atoms with Crippen molar-refractivity contribution in [3.63, 3.8) is 0 Å². The Bertz CT molecular complexity index is 982. The van der Waals surface area contributed by atoms with Crippen LogP contribution in [-0.4, -0.2) is 57.7 Å². The lowest BCUT2D eigenvalue weighted by Crippen LogP contribution is -2.42. The number of hydrogen-bond acceptors (Lipinski definition) is 5. The Labute approximate surface area is 168 Å². The molecule has 4 rings (SSSR count). The summed E-state index contributed by atoms with van der Waals surface area (Å²) in [6.45, 7) is 7.20. The van der Waals surface area contributed by atoms with Crippen LogP contribution in [0.4, 0.5) is 0 Å². The Kier molecular flexibility index (Phi) is 4.87. The third-order valence-electron chi connectivity index (χ3n) is 5.64. The predicted molar refractivity (Wildman–Crippen MR) is 113 cm³/mol. The summed E-state index contributed by atoms with van der Waals surface area (Å²) in [5.74, 6) is 2.09. The highest BCUT2D eigenvalue weighted by Crippen LogP contribution is 2.28. The van der Waals surface area contributed by atoms with Gasteiger partial charge in [0.2, 0.25) is 0 Å². The predicted octanol–water partition coefficient (Wildman–Crippen LogP) is 2.71. The molecule has 2 amide bonds. The normalized spacial score (nSPS) is 22.5. The van der Waals surface area contributed by atoms with Gasteiger partial charge in [0.05, 0.1) is 11.1 Å². The molecule has 0 unspecified atom stereocenters. The molecule has 6 nitrogen and oxygen atoms in total. The Morgan fingerprint density at radius 1 is 1.25 bits per heavy atom. The Morgan fingerprint density at radius 3 is 2.64 bits per heavy atom. The van der Waals surface area contributed by atoms with E-state index in [0.717, 1.165) is 35.5 Å². The average Bonchev–Trinajstić information content (AvgIpc) is 3.03. The van der Waals surface area contributed by atoms with Crippen molar-refractivity contribution in [3.8, 4) is 0 Å². The van der Waals surface area contributed by atoms with Gasteiger partial charge in [0.1, 0.15) is 11.2 Å². The van der Waals surface area contributed by atoms with Gasteiger partial charge in [-0.3, -0.25) is 9.59 Å². The number of aliphatic imine (C=N–C) groups is 1. The second-order valence-corrected chi connectivity index (χ2v) is 8.92. The molecule has 1 fully saturated rings. The highest BCUT2D eigenvalue weighted by molar-refractivity contribution is 7.99. The number of para-hydroxylation sites is 1. The molecule has 0 saturated carbocycles. The zero-order valence-corrected chi connectivity index (χ0v) is 17.2. The second kappa shape index (κ2) is 7.20. The van der Waals surface area contributed by atoms with Crippen LogP contribution in [0.3, 0.4) is 0 Å². The molecule has 1 atom stereocenters. The maximum absolute atomic E-state index is 13.3. The van der Waals surface area contributed by atoms with Crippen LogP contribution in [0.15, 0.2) is 35.3 Å². The summed E-state index contributed by atoms with van der Waals surface area (Å²) in [6.07, 6.45) is 0. The van der Waals surface area contributed by atoms with E-state index in [1.165, 1.54) is 0 Å². The number of nitrogens with one attached hydrogen (secondary N) is 1.